The van der Waals surface area contributed by atoms with Crippen LogP contribution in [0.3, 0.4) is 0 Å². The van der Waals surface area contributed by atoms with Gasteiger partial charge in [-0.25, -0.2) is 23.1 Å². The Morgan fingerprint density at radius 3 is 1.65 bits per heavy atom. The predicted octanol–water partition coefficient (Wildman–Crippen LogP) is 11.1. The number of halogens is 1. The SMILES string of the molecule is CCCCCCCCCCCCCCCCCCNc1nc(=O)n(C2CC(O)C(COP(=O)(O)OCC(COP(=O)(O)OC3C(CO)OC(n4ccc(N)nc4=O)C3O)OCCCCCCCCCCCCCCCCCC)O2)cc1F. The van der Waals surface area contributed by atoms with Crippen LogP contribution in [0.4, 0.5) is 16.0 Å². The number of anilines is 2. The zero-order valence-corrected chi connectivity index (χ0v) is 51.1. The van der Waals surface area contributed by atoms with Crippen LogP contribution in [-0.2, 0) is 41.4 Å². The summed E-state index contributed by atoms with van der Waals surface area (Å²) in [7, 11) is -10.1. The predicted molar refractivity (Wildman–Crippen MR) is 313 cm³/mol. The minimum atomic E-state index is -5.13. The van der Waals surface area contributed by atoms with E-state index in [9.17, 15) is 43.8 Å². The number of nitrogens with zero attached hydrogens (tertiary/aromatic N) is 4. The Hall–Kier alpha value is -2.73. The summed E-state index contributed by atoms with van der Waals surface area (Å²) in [6.07, 6.45) is 29.1. The van der Waals surface area contributed by atoms with Crippen LogP contribution in [0.25, 0.3) is 0 Å². The number of hydrogen-bond donors (Lipinski definition) is 7. The molecule has 25 heteroatoms. The number of unbranched alkanes of at least 4 members (excludes halogenated alkanes) is 30. The van der Waals surface area contributed by atoms with Crippen molar-refractivity contribution in [3.8, 4) is 0 Å². The van der Waals surface area contributed by atoms with Gasteiger partial charge >= 0.3 is 27.0 Å². The fraction of sp³-hybridized carbons (Fsp3) is 0.860. The number of phosphoric ester groups is 2. The van der Waals surface area contributed by atoms with E-state index in [4.69, 9.17) is 38.0 Å². The molecule has 4 heterocycles. The Bertz CT molecular complexity index is 2240. The molecule has 0 bridgehead atoms. The Morgan fingerprint density at radius 1 is 0.671 bits per heavy atom. The van der Waals surface area contributed by atoms with Crippen LogP contribution in [0.2, 0.25) is 0 Å². The van der Waals surface area contributed by atoms with Gasteiger partial charge in [0.25, 0.3) is 0 Å². The molecule has 0 spiro atoms. The molecular formula is C57H103FN6O16P2. The number of aliphatic hydroxyl groups excluding tert-OH is 3. The lowest BCUT2D eigenvalue weighted by atomic mass is 10.0. The fourth-order valence-corrected chi connectivity index (χ4v) is 12.1. The molecule has 2 fully saturated rings. The number of nitrogens with one attached hydrogen (secondary N) is 1. The number of nitrogens with two attached hydrogens (primary N) is 1. The van der Waals surface area contributed by atoms with Crippen molar-refractivity contribution in [3.05, 3.63) is 45.2 Å². The number of phosphoric acid groups is 2. The van der Waals surface area contributed by atoms with Gasteiger partial charge in [-0.05, 0) is 18.9 Å². The molecule has 8 N–H and O–H groups in total. The molecule has 10 atom stereocenters. The maximum atomic E-state index is 15.2. The molecule has 2 aromatic rings. The number of aromatic nitrogens is 4. The molecule has 10 unspecified atom stereocenters. The van der Waals surface area contributed by atoms with Gasteiger partial charge in [-0.1, -0.05) is 206 Å². The molecule has 0 radical (unpaired) electrons. The molecule has 2 aliphatic heterocycles. The van der Waals surface area contributed by atoms with Crippen molar-refractivity contribution < 1.29 is 70.9 Å². The van der Waals surface area contributed by atoms with Gasteiger partial charge in [0.05, 0.1) is 38.7 Å². The first-order valence-corrected chi connectivity index (χ1v) is 34.1. The minimum Gasteiger partial charge on any atom is -0.394 e. The van der Waals surface area contributed by atoms with Crippen LogP contribution in [0.1, 0.15) is 238 Å². The van der Waals surface area contributed by atoms with Crippen LogP contribution in [-0.4, -0.2) is 120 Å². The molecule has 0 aliphatic carbocycles. The highest BCUT2D eigenvalue weighted by Gasteiger charge is 2.49. The monoisotopic (exact) mass is 1210 g/mol. The number of nitrogen functional groups attached to an aromatic ring is 1. The number of ether oxygens (including phenoxy) is 3. The average Bonchev–Trinajstić information content (AvgIpc) is 3.98. The molecule has 4 rings (SSSR count). The molecular weight excluding hydrogens is 1110 g/mol. The van der Waals surface area contributed by atoms with Crippen LogP contribution in [0, 0.1) is 5.82 Å². The third-order valence-corrected chi connectivity index (χ3v) is 17.2. The summed E-state index contributed by atoms with van der Waals surface area (Å²) in [6, 6.07) is 1.27. The second-order valence-electron chi connectivity index (χ2n) is 22.3. The van der Waals surface area contributed by atoms with Gasteiger partial charge in [0.2, 0.25) is 0 Å². The summed E-state index contributed by atoms with van der Waals surface area (Å²) >= 11 is 0. The van der Waals surface area contributed by atoms with Gasteiger partial charge in [-0.3, -0.25) is 27.2 Å². The van der Waals surface area contributed by atoms with Crippen molar-refractivity contribution in [3.63, 3.8) is 0 Å². The van der Waals surface area contributed by atoms with Crippen LogP contribution >= 0.6 is 15.6 Å². The standard InChI is InChI=1S/C57H103FN6O16P2/c1-3-5-7-9-11-13-15-17-19-21-23-25-27-29-31-33-36-60-54-46(58)40-64(57(69)62-54)51-39-47(66)49(78-51)44-77-81(70,71)75-42-45(74-38-34-32-30-28-26-24-22-20-18-16-14-12-10-8-6-4-2)43-76-82(72,73)80-53-48(41-65)79-55(52(53)67)63-37-35-50(59)61-56(63)68/h35,37,40,45,47-49,51-53,55,65-67H,3-34,36,38-39,41-44H2,1-2H3,(H,70,71)(H,72,73)(H2,59,61,68)(H,60,62,69). The van der Waals surface area contributed by atoms with Gasteiger partial charge in [-0.15, -0.1) is 0 Å². The van der Waals surface area contributed by atoms with E-state index < -0.39 is 108 Å². The molecule has 0 amide bonds. The first kappa shape index (κ1) is 71.7. The quantitative estimate of drug-likeness (QED) is 0.0239. The first-order chi connectivity index (χ1) is 39.6. The Balaban J connectivity index is 1.20. The van der Waals surface area contributed by atoms with Gasteiger partial charge in [0, 0.05) is 25.8 Å². The normalized spacial score (nSPS) is 21.9. The van der Waals surface area contributed by atoms with E-state index in [1.54, 1.807) is 0 Å². The summed E-state index contributed by atoms with van der Waals surface area (Å²) in [4.78, 5) is 54.5. The fourth-order valence-electron chi connectivity index (χ4n) is 10.3. The van der Waals surface area contributed by atoms with Crippen LogP contribution in [0.15, 0.2) is 28.0 Å². The van der Waals surface area contributed by atoms with Gasteiger partial charge in [0.1, 0.15) is 42.6 Å². The van der Waals surface area contributed by atoms with Crippen molar-refractivity contribution >= 4 is 27.3 Å². The average molecular weight is 1210 g/mol. The summed E-state index contributed by atoms with van der Waals surface area (Å²) in [5.41, 5.74) is 3.85. The van der Waals surface area contributed by atoms with Crippen LogP contribution in [0.5, 0.6) is 0 Å². The van der Waals surface area contributed by atoms with Crippen molar-refractivity contribution in [2.24, 2.45) is 0 Å². The van der Waals surface area contributed by atoms with Crippen molar-refractivity contribution in [1.82, 2.24) is 19.1 Å². The van der Waals surface area contributed by atoms with Crippen LogP contribution < -0.4 is 22.4 Å². The van der Waals surface area contributed by atoms with Crippen molar-refractivity contribution in [2.45, 2.75) is 275 Å². The summed E-state index contributed by atoms with van der Waals surface area (Å²) in [6.45, 7) is 2.12. The van der Waals surface area contributed by atoms with E-state index in [0.29, 0.717) is 13.0 Å². The number of hydrogen-bond acceptors (Lipinski definition) is 18. The van der Waals surface area contributed by atoms with Gasteiger partial charge < -0.3 is 50.4 Å². The molecule has 474 valence electrons. The lowest BCUT2D eigenvalue weighted by Crippen LogP contribution is -2.37. The topological polar surface area (TPSA) is 308 Å². The van der Waals surface area contributed by atoms with Crippen molar-refractivity contribution in [1.29, 1.82) is 0 Å². The highest BCUT2D eigenvalue weighted by Crippen LogP contribution is 2.49. The Morgan fingerprint density at radius 2 is 1.15 bits per heavy atom. The van der Waals surface area contributed by atoms with E-state index in [-0.39, 0.29) is 24.7 Å². The molecule has 0 aromatic carbocycles. The minimum absolute atomic E-state index is 0.0978. The zero-order valence-electron chi connectivity index (χ0n) is 49.3. The molecule has 2 aromatic heterocycles. The van der Waals surface area contributed by atoms with E-state index in [2.05, 4.69) is 29.1 Å². The van der Waals surface area contributed by atoms with Crippen molar-refractivity contribution in [2.75, 3.05) is 50.6 Å². The Kier molecular flexibility index (Phi) is 36.2. The molecule has 82 heavy (non-hydrogen) atoms. The molecule has 22 nitrogen and oxygen atoms in total. The molecule has 0 saturated carbocycles. The summed E-state index contributed by atoms with van der Waals surface area (Å²) < 4.78 is 81.7. The van der Waals surface area contributed by atoms with Gasteiger partial charge in [-0.2, -0.15) is 9.97 Å². The van der Waals surface area contributed by atoms with Gasteiger partial charge in [0.15, 0.2) is 17.9 Å². The lowest BCUT2D eigenvalue weighted by Gasteiger charge is -2.24. The zero-order chi connectivity index (χ0) is 59.4. The number of rotatable bonds is 50. The van der Waals surface area contributed by atoms with E-state index >= 15 is 4.39 Å². The largest absolute Gasteiger partial charge is 0.472 e. The lowest BCUT2D eigenvalue weighted by molar-refractivity contribution is -0.0568. The molecule has 2 aliphatic rings. The molecule has 2 saturated heterocycles. The smallest absolute Gasteiger partial charge is 0.394 e. The summed E-state index contributed by atoms with van der Waals surface area (Å²) in [5, 5.41) is 34.7. The maximum absolute atomic E-state index is 15.2. The second-order valence-corrected chi connectivity index (χ2v) is 25.1. The summed E-state index contributed by atoms with van der Waals surface area (Å²) in [5.74, 6) is -1.08. The van der Waals surface area contributed by atoms with E-state index in [0.717, 1.165) is 66.7 Å². The highest BCUT2D eigenvalue weighted by molar-refractivity contribution is 7.47. The highest BCUT2D eigenvalue weighted by atomic mass is 31.2. The van der Waals surface area contributed by atoms with E-state index in [1.807, 2.05) is 0 Å². The number of aliphatic hydroxyl groups is 3. The first-order valence-electron chi connectivity index (χ1n) is 31.1. The Labute approximate surface area is 486 Å². The second kappa shape index (κ2) is 41.4. The third kappa shape index (κ3) is 28.6. The maximum Gasteiger partial charge on any atom is 0.472 e. The third-order valence-electron chi connectivity index (χ3n) is 15.2. The van der Waals surface area contributed by atoms with E-state index in [1.165, 1.54) is 160 Å².